The molecular formula is C28H37N3O3S3. The molecule has 3 saturated carbocycles. The highest BCUT2D eigenvalue weighted by Gasteiger charge is 2.63. The van der Waals surface area contributed by atoms with E-state index < -0.39 is 15.3 Å². The fourth-order valence-electron chi connectivity index (χ4n) is 6.50. The first-order chi connectivity index (χ1) is 18.0. The molecule has 0 spiro atoms. The summed E-state index contributed by atoms with van der Waals surface area (Å²) in [6.07, 6.45) is 13.0. The van der Waals surface area contributed by atoms with Crippen molar-refractivity contribution in [3.05, 3.63) is 36.0 Å². The number of amides is 1. The molecule has 1 amide bonds. The fourth-order valence-corrected chi connectivity index (χ4v) is 10.1. The maximum atomic E-state index is 13.9. The van der Waals surface area contributed by atoms with Crippen molar-refractivity contribution in [1.29, 1.82) is 0 Å². The summed E-state index contributed by atoms with van der Waals surface area (Å²) in [6, 6.07) is 7.26. The van der Waals surface area contributed by atoms with Crippen molar-refractivity contribution in [3.8, 4) is 0 Å². The smallest absolute Gasteiger partial charge is 0.237 e. The molecule has 1 aromatic heterocycles. The quantitative estimate of drug-likeness (QED) is 0.374. The third kappa shape index (κ3) is 5.38. The predicted octanol–water partition coefficient (Wildman–Crippen LogP) is 5.74. The lowest BCUT2D eigenvalue weighted by Crippen LogP contribution is -2.32. The molecule has 4 fully saturated rings. The van der Waals surface area contributed by atoms with Crippen LogP contribution in [0, 0.1) is 11.8 Å². The zero-order valence-corrected chi connectivity index (χ0v) is 23.8. The zero-order valence-electron chi connectivity index (χ0n) is 21.4. The highest BCUT2D eigenvalue weighted by molar-refractivity contribution is 8.01. The van der Waals surface area contributed by atoms with Crippen LogP contribution in [0.5, 0.6) is 0 Å². The zero-order chi connectivity index (χ0) is 25.5. The third-order valence-electron chi connectivity index (χ3n) is 8.86. The molecule has 4 aliphatic rings. The molecule has 1 saturated heterocycles. The molecular weight excluding hydrogens is 523 g/mol. The third-order valence-corrected chi connectivity index (χ3v) is 13.2. The number of likely N-dealkylation sites (tertiary alicyclic amines) is 1. The lowest BCUT2D eigenvalue weighted by atomic mass is 9.80. The number of hydrogen-bond acceptors (Lipinski definition) is 7. The SMILES string of the molecule is O=C(Nc1ncc(SCCN2CCCC2)s1)[C@]1(c2ccc(S(=O)(=O)C3CC3)cc2)CC1C1CCCCC1. The summed E-state index contributed by atoms with van der Waals surface area (Å²) in [5, 5.41) is 3.60. The van der Waals surface area contributed by atoms with Crippen molar-refractivity contribution < 1.29 is 13.2 Å². The van der Waals surface area contributed by atoms with Crippen LogP contribution in [0.25, 0.3) is 0 Å². The van der Waals surface area contributed by atoms with E-state index in [1.807, 2.05) is 30.1 Å². The number of nitrogens with zero attached hydrogens (tertiary/aromatic N) is 2. The molecule has 1 unspecified atom stereocenters. The molecule has 9 heteroatoms. The van der Waals surface area contributed by atoms with Crippen LogP contribution in [0.4, 0.5) is 5.13 Å². The molecule has 6 rings (SSSR count). The van der Waals surface area contributed by atoms with Crippen LogP contribution in [-0.2, 0) is 20.0 Å². The topological polar surface area (TPSA) is 79.4 Å². The van der Waals surface area contributed by atoms with Crippen LogP contribution in [0.3, 0.4) is 0 Å². The maximum Gasteiger partial charge on any atom is 0.237 e. The molecule has 2 heterocycles. The molecule has 0 radical (unpaired) electrons. The van der Waals surface area contributed by atoms with Gasteiger partial charge in [-0.05, 0) is 74.7 Å². The summed E-state index contributed by atoms with van der Waals surface area (Å²) in [5.41, 5.74) is 0.366. The lowest BCUT2D eigenvalue weighted by Gasteiger charge is -2.25. The van der Waals surface area contributed by atoms with E-state index in [9.17, 15) is 13.2 Å². The Morgan fingerprint density at radius 3 is 2.49 bits per heavy atom. The Bertz CT molecular complexity index is 1210. The Labute approximate surface area is 228 Å². The van der Waals surface area contributed by atoms with Gasteiger partial charge in [0, 0.05) is 12.3 Å². The number of rotatable bonds is 10. The molecule has 2 atom stereocenters. The summed E-state index contributed by atoms with van der Waals surface area (Å²) in [7, 11) is -3.24. The van der Waals surface area contributed by atoms with Gasteiger partial charge in [0.2, 0.25) is 5.91 Å². The Hall–Kier alpha value is -1.42. The van der Waals surface area contributed by atoms with Gasteiger partial charge in [-0.15, -0.1) is 11.8 Å². The number of carbonyl (C=O) groups is 1. The molecule has 2 aromatic rings. The van der Waals surface area contributed by atoms with Crippen LogP contribution in [0.2, 0.25) is 0 Å². The average Bonchev–Trinajstić information content (AvgIpc) is 3.81. The van der Waals surface area contributed by atoms with Crippen LogP contribution < -0.4 is 5.32 Å². The minimum Gasteiger partial charge on any atom is -0.303 e. The van der Waals surface area contributed by atoms with E-state index in [1.165, 1.54) is 58.0 Å². The number of anilines is 1. The highest BCUT2D eigenvalue weighted by Crippen LogP contribution is 2.61. The normalized spacial score (nSPS) is 26.9. The van der Waals surface area contributed by atoms with E-state index in [-0.39, 0.29) is 11.2 Å². The molecule has 200 valence electrons. The largest absolute Gasteiger partial charge is 0.303 e. The maximum absolute atomic E-state index is 13.9. The van der Waals surface area contributed by atoms with E-state index in [0.29, 0.717) is 21.9 Å². The first kappa shape index (κ1) is 25.8. The van der Waals surface area contributed by atoms with Gasteiger partial charge in [0.25, 0.3) is 0 Å². The minimum absolute atomic E-state index is 0.0174. The monoisotopic (exact) mass is 559 g/mol. The average molecular weight is 560 g/mol. The summed E-state index contributed by atoms with van der Waals surface area (Å²) in [6.45, 7) is 3.52. The number of aromatic nitrogens is 1. The number of hydrogen-bond donors (Lipinski definition) is 1. The van der Waals surface area contributed by atoms with Crippen molar-refractivity contribution in [2.24, 2.45) is 11.8 Å². The molecule has 1 N–H and O–H groups in total. The van der Waals surface area contributed by atoms with E-state index in [0.717, 1.165) is 41.3 Å². The predicted molar refractivity (Wildman–Crippen MR) is 150 cm³/mol. The van der Waals surface area contributed by atoms with Crippen molar-refractivity contribution in [3.63, 3.8) is 0 Å². The number of benzene rings is 1. The molecule has 1 aliphatic heterocycles. The van der Waals surface area contributed by atoms with Gasteiger partial charge >= 0.3 is 0 Å². The number of nitrogens with one attached hydrogen (secondary N) is 1. The van der Waals surface area contributed by atoms with Gasteiger partial charge in [-0.1, -0.05) is 55.6 Å². The molecule has 0 bridgehead atoms. The minimum atomic E-state index is -3.24. The Kier molecular flexibility index (Phi) is 7.42. The summed E-state index contributed by atoms with van der Waals surface area (Å²) >= 11 is 3.37. The van der Waals surface area contributed by atoms with E-state index >= 15 is 0 Å². The number of carbonyl (C=O) groups excluding carboxylic acids is 1. The lowest BCUT2D eigenvalue weighted by molar-refractivity contribution is -0.119. The molecule has 1 aromatic carbocycles. The van der Waals surface area contributed by atoms with E-state index in [2.05, 4.69) is 15.2 Å². The Balaban J connectivity index is 1.17. The number of thiazole rings is 1. The summed E-state index contributed by atoms with van der Waals surface area (Å²) < 4.78 is 26.6. The van der Waals surface area contributed by atoms with Crippen molar-refractivity contribution in [1.82, 2.24) is 9.88 Å². The molecule has 6 nitrogen and oxygen atoms in total. The molecule has 37 heavy (non-hydrogen) atoms. The Morgan fingerprint density at radius 1 is 1.05 bits per heavy atom. The molecule has 3 aliphatic carbocycles. The summed E-state index contributed by atoms with van der Waals surface area (Å²) in [5.74, 6) is 1.93. The van der Waals surface area contributed by atoms with E-state index in [1.54, 1.807) is 23.5 Å². The van der Waals surface area contributed by atoms with Crippen LogP contribution >= 0.6 is 23.1 Å². The van der Waals surface area contributed by atoms with E-state index in [4.69, 9.17) is 0 Å². The number of sulfone groups is 1. The van der Waals surface area contributed by atoms with Crippen molar-refractivity contribution in [2.75, 3.05) is 30.7 Å². The van der Waals surface area contributed by atoms with Gasteiger partial charge in [0.15, 0.2) is 15.0 Å². The second kappa shape index (κ2) is 10.6. The van der Waals surface area contributed by atoms with Crippen LogP contribution in [0.15, 0.2) is 39.6 Å². The van der Waals surface area contributed by atoms with Crippen molar-refractivity contribution in [2.45, 2.75) is 84.0 Å². The van der Waals surface area contributed by atoms with Gasteiger partial charge in [-0.2, -0.15) is 0 Å². The fraction of sp³-hybridized carbons (Fsp3) is 0.643. The van der Waals surface area contributed by atoms with Crippen LogP contribution in [0.1, 0.15) is 69.8 Å². The standard InChI is InChI=1S/C28H37N3O3S3/c32-26(30-27-29-19-25(36-27)35-17-16-31-14-4-5-15-31)28(18-24(28)20-6-2-1-3-7-20)21-8-10-22(11-9-21)37(33,34)23-12-13-23/h8-11,19-20,23-24H,1-7,12-18H2,(H,29,30,32)/t24?,28-/m0/s1. The van der Waals surface area contributed by atoms with Gasteiger partial charge in [-0.25, -0.2) is 13.4 Å². The second-order valence-electron chi connectivity index (χ2n) is 11.3. The first-order valence-corrected chi connectivity index (χ1v) is 17.3. The highest BCUT2D eigenvalue weighted by atomic mass is 32.2. The summed E-state index contributed by atoms with van der Waals surface area (Å²) in [4.78, 5) is 21.3. The van der Waals surface area contributed by atoms with Gasteiger partial charge in [0.1, 0.15) is 0 Å². The second-order valence-corrected chi connectivity index (χ2v) is 15.9. The van der Waals surface area contributed by atoms with Crippen molar-refractivity contribution >= 4 is 44.0 Å². The van der Waals surface area contributed by atoms with Gasteiger partial charge < -0.3 is 10.2 Å². The first-order valence-electron chi connectivity index (χ1n) is 13.9. The Morgan fingerprint density at radius 2 is 1.78 bits per heavy atom. The number of thioether (sulfide) groups is 1. The van der Waals surface area contributed by atoms with Gasteiger partial charge in [-0.3, -0.25) is 4.79 Å². The van der Waals surface area contributed by atoms with Crippen LogP contribution in [-0.4, -0.2) is 54.8 Å². The van der Waals surface area contributed by atoms with Gasteiger partial charge in [0.05, 0.1) is 26.0 Å².